The summed E-state index contributed by atoms with van der Waals surface area (Å²) in [7, 11) is 3.75. The predicted octanol–water partition coefficient (Wildman–Crippen LogP) is 5.37. The summed E-state index contributed by atoms with van der Waals surface area (Å²) in [5, 5.41) is 8.45. The van der Waals surface area contributed by atoms with E-state index in [2.05, 4.69) is 37.8 Å². The Labute approximate surface area is 210 Å². The number of carbonyl (C=O) groups is 2. The summed E-state index contributed by atoms with van der Waals surface area (Å²) in [6.45, 7) is 9.37. The van der Waals surface area contributed by atoms with Gasteiger partial charge in [0, 0.05) is 33.3 Å². The lowest BCUT2D eigenvalue weighted by atomic mass is 10.3. The number of aromatic nitrogens is 1. The second kappa shape index (κ2) is 21.2. The second-order valence-corrected chi connectivity index (χ2v) is 6.52. The fourth-order valence-electron chi connectivity index (χ4n) is 1.09. The van der Waals surface area contributed by atoms with E-state index in [1.165, 1.54) is 12.3 Å². The fraction of sp³-hybridized carbons (Fsp3) is 0.350. The van der Waals surface area contributed by atoms with Gasteiger partial charge in [-0.25, -0.2) is 4.85 Å². The molecule has 0 bridgehead atoms. The molecule has 0 saturated carbocycles. The third-order valence-corrected chi connectivity index (χ3v) is 2.76. The minimum absolute atomic E-state index is 0. The monoisotopic (exact) mass is 545 g/mol. The molecule has 15 heteroatoms. The Hall–Kier alpha value is -3.39. The van der Waals surface area contributed by atoms with E-state index < -0.39 is 28.2 Å². The third-order valence-electron chi connectivity index (χ3n) is 2.38. The lowest BCUT2D eigenvalue weighted by Crippen LogP contribution is -2.18. The number of rotatable bonds is 6. The highest BCUT2D eigenvalue weighted by Gasteiger charge is 2.33. The first-order valence-corrected chi connectivity index (χ1v) is 9.50. The van der Waals surface area contributed by atoms with E-state index in [4.69, 9.17) is 21.7 Å². The minimum atomic E-state index is -3.83. The maximum absolute atomic E-state index is 12.3. The van der Waals surface area contributed by atoms with E-state index in [1.54, 1.807) is 19.2 Å². The number of carbonyl (C=O) groups excluding carboxylic acids is 1. The number of alkyl halides is 6. The van der Waals surface area contributed by atoms with Crippen LogP contribution in [-0.4, -0.2) is 52.8 Å². The van der Waals surface area contributed by atoms with Crippen LogP contribution in [0.1, 0.15) is 25.1 Å². The highest BCUT2D eigenvalue weighted by Crippen LogP contribution is 2.30. The molecule has 0 radical (unpaired) electrons. The van der Waals surface area contributed by atoms with Gasteiger partial charge in [0.15, 0.2) is 6.20 Å². The van der Waals surface area contributed by atoms with Crippen molar-refractivity contribution in [1.82, 2.24) is 16.0 Å². The average Bonchev–Trinajstić information content (AvgIpc) is 2.71. The first kappa shape index (κ1) is 38.9. The largest absolute Gasteiger partial charge is 0.501 e. The number of hydrogen-bond acceptors (Lipinski definition) is 7. The van der Waals surface area contributed by atoms with Crippen molar-refractivity contribution in [3.8, 4) is 6.07 Å². The molecule has 0 spiro atoms. The summed E-state index contributed by atoms with van der Waals surface area (Å²) < 4.78 is 52.8. The highest BCUT2D eigenvalue weighted by atomic mass is 35.5. The minimum Gasteiger partial charge on any atom is -0.501 e. The smallest absolute Gasteiger partial charge is 0.384 e. The topological polar surface area (TPSA) is 143 Å². The van der Waals surface area contributed by atoms with Gasteiger partial charge >= 0.3 is 10.8 Å². The van der Waals surface area contributed by atoms with Crippen molar-refractivity contribution in [2.45, 2.75) is 24.6 Å². The van der Waals surface area contributed by atoms with Gasteiger partial charge in [-0.1, -0.05) is 0 Å². The summed E-state index contributed by atoms with van der Waals surface area (Å²) in [5.74, 6) is -2.31. The van der Waals surface area contributed by atoms with Crippen molar-refractivity contribution in [3.63, 3.8) is 0 Å². The van der Waals surface area contributed by atoms with Crippen LogP contribution in [0.4, 0.5) is 17.6 Å². The molecule has 0 saturated heterocycles. The molecule has 196 valence electrons. The highest BCUT2D eigenvalue weighted by molar-refractivity contribution is 6.34. The number of carboxylic acids is 1. The Morgan fingerprint density at radius 3 is 2.09 bits per heavy atom. The van der Waals surface area contributed by atoms with Crippen LogP contribution >= 0.6 is 23.2 Å². The van der Waals surface area contributed by atoms with Crippen molar-refractivity contribution in [3.05, 3.63) is 65.7 Å². The number of hydrogen-bond donors (Lipinski definition) is 2. The number of nitrogens with zero attached hydrogens (tertiary/aromatic N) is 4. The fourth-order valence-corrected chi connectivity index (χ4v) is 1.27. The molecule has 0 atom stereocenters. The molecule has 0 amide bonds. The van der Waals surface area contributed by atoms with Crippen LogP contribution in [0, 0.1) is 17.9 Å². The third kappa shape index (κ3) is 28.6. The molecule has 0 aliphatic carbocycles. The molecule has 9 nitrogen and oxygen atoms in total. The van der Waals surface area contributed by atoms with Crippen LogP contribution in [-0.2, 0) is 19.7 Å². The van der Waals surface area contributed by atoms with Gasteiger partial charge in [0.05, 0.1) is 25.0 Å². The Kier molecular flexibility index (Phi) is 23.5. The number of pyridine rings is 1. The van der Waals surface area contributed by atoms with Gasteiger partial charge < -0.3 is 20.9 Å². The van der Waals surface area contributed by atoms with Crippen LogP contribution in [0.5, 0.6) is 0 Å². The van der Waals surface area contributed by atoms with Crippen LogP contribution in [0.25, 0.3) is 4.85 Å². The van der Waals surface area contributed by atoms with Gasteiger partial charge in [0.2, 0.25) is 5.78 Å². The lowest BCUT2D eigenvalue weighted by molar-refractivity contribution is -0.134. The van der Waals surface area contributed by atoms with Gasteiger partial charge in [-0.2, -0.15) is 22.8 Å². The molecule has 0 aliphatic heterocycles. The molecule has 0 fully saturated rings. The normalized spacial score (nSPS) is 9.94. The second-order valence-electron chi connectivity index (χ2n) is 5.57. The quantitative estimate of drug-likeness (QED) is 0.159. The van der Waals surface area contributed by atoms with Gasteiger partial charge in [-0.3, -0.25) is 14.6 Å². The van der Waals surface area contributed by atoms with Gasteiger partial charge in [-0.05, 0) is 48.5 Å². The summed E-state index contributed by atoms with van der Waals surface area (Å²) >= 11 is 9.05. The Morgan fingerprint density at radius 2 is 1.83 bits per heavy atom. The molecule has 4 N–H and O–H groups in total. The molecule has 0 aromatic carbocycles. The molecule has 1 rings (SSSR count). The van der Waals surface area contributed by atoms with Crippen LogP contribution in [0.15, 0.2) is 43.1 Å². The van der Waals surface area contributed by atoms with Crippen molar-refractivity contribution >= 4 is 35.0 Å². The van der Waals surface area contributed by atoms with Gasteiger partial charge in [-0.15, -0.1) is 0 Å². The SMILES string of the molecule is CC(=O)O.CCO/C=C/C(=O)C(F)(F)Cl.N.N#Cc1ccc(C(F)(F)Cl)nc1.[C-]#[N+]/C=C/N(C)C. The lowest BCUT2D eigenvalue weighted by Gasteiger charge is -2.05. The zero-order chi connectivity index (χ0) is 27.4. The molecule has 35 heavy (non-hydrogen) atoms. The number of halogens is 6. The zero-order valence-corrected chi connectivity index (χ0v) is 20.7. The molecule has 1 aromatic heterocycles. The summed E-state index contributed by atoms with van der Waals surface area (Å²) in [6.07, 6.45) is 5.65. The number of aliphatic carboxylic acids is 1. The van der Waals surface area contributed by atoms with Crippen LogP contribution in [0.3, 0.4) is 0 Å². The van der Waals surface area contributed by atoms with E-state index in [-0.39, 0.29) is 11.7 Å². The number of allylic oxidation sites excluding steroid dienone is 1. The Morgan fingerprint density at radius 1 is 1.31 bits per heavy atom. The number of nitriles is 1. The van der Waals surface area contributed by atoms with Crippen LogP contribution in [0.2, 0.25) is 0 Å². The first-order valence-electron chi connectivity index (χ1n) is 8.74. The number of ether oxygens (including phenoxy) is 1. The van der Waals surface area contributed by atoms with E-state index in [9.17, 15) is 22.4 Å². The number of carboxylic acid groups (broad SMARTS) is 1. The number of ketones is 1. The standard InChI is InChI=1S/C7H3ClF2N2.C6H7ClF2O2.C5H8N2.C2H4O2.H3N/c8-7(9,10)6-2-1-5(3-11)4-12-6;1-2-11-4-3-5(10)6(7,8)9;1-6-4-5-7(2)3;1-2(3)4;/h1-2,4H;3-4H,2H2,1H3;4-5H,2-3H3;1H3,(H,3,4);1H3/b;4-3+;5-4+;;. The maximum Gasteiger partial charge on any atom is 0.384 e. The maximum atomic E-state index is 12.3. The average molecular weight is 546 g/mol. The molecule has 1 aromatic rings. The van der Waals surface area contributed by atoms with Crippen molar-refractivity contribution in [2.24, 2.45) is 0 Å². The van der Waals surface area contributed by atoms with E-state index in [0.29, 0.717) is 12.7 Å². The first-order chi connectivity index (χ1) is 15.5. The molecule has 0 aliphatic rings. The van der Waals surface area contributed by atoms with Crippen molar-refractivity contribution < 1.29 is 37.0 Å². The summed E-state index contributed by atoms with van der Waals surface area (Å²) in [6, 6.07) is 4.01. The summed E-state index contributed by atoms with van der Waals surface area (Å²) in [5.41, 5.74) is -0.331. The van der Waals surface area contributed by atoms with Gasteiger partial charge in [0.25, 0.3) is 5.97 Å². The van der Waals surface area contributed by atoms with E-state index in [1.807, 2.05) is 19.0 Å². The van der Waals surface area contributed by atoms with E-state index in [0.717, 1.165) is 25.4 Å². The van der Waals surface area contributed by atoms with Crippen molar-refractivity contribution in [2.75, 3.05) is 20.7 Å². The Bertz CT molecular complexity index is 870. The Balaban J connectivity index is -0.000000194. The molecular formula is C20H25Cl2F4N5O4. The zero-order valence-electron chi connectivity index (χ0n) is 19.2. The summed E-state index contributed by atoms with van der Waals surface area (Å²) in [4.78, 5) is 27.4. The van der Waals surface area contributed by atoms with Crippen molar-refractivity contribution in [1.29, 1.82) is 5.26 Å². The predicted molar refractivity (Wildman–Crippen MR) is 123 cm³/mol. The molecule has 0 unspecified atom stereocenters. The molecule has 1 heterocycles. The van der Waals surface area contributed by atoms with E-state index >= 15 is 0 Å². The molecular weight excluding hydrogens is 521 g/mol. The van der Waals surface area contributed by atoms with Crippen LogP contribution < -0.4 is 6.15 Å². The van der Waals surface area contributed by atoms with Gasteiger partial charge in [0.1, 0.15) is 11.8 Å².